The van der Waals surface area contributed by atoms with Crippen LogP contribution in [0.15, 0.2) is 65.2 Å². The van der Waals surface area contributed by atoms with Crippen LogP contribution in [0.3, 0.4) is 0 Å². The van der Waals surface area contributed by atoms with Gasteiger partial charge in [-0.05, 0) is 105 Å². The van der Waals surface area contributed by atoms with Gasteiger partial charge in [-0.25, -0.2) is 4.79 Å². The molecule has 5 heteroatoms. The Morgan fingerprint density at radius 3 is 1.24 bits per heavy atom. The maximum Gasteiger partial charge on any atom is 0.338 e. The molecule has 0 fully saturated rings. The van der Waals surface area contributed by atoms with Gasteiger partial charge in [0.25, 0.3) is 0 Å². The van der Waals surface area contributed by atoms with Crippen LogP contribution in [0.1, 0.15) is 178 Å². The maximum absolute atomic E-state index is 12.3. The van der Waals surface area contributed by atoms with Gasteiger partial charge in [0, 0.05) is 0 Å². The molecule has 0 bridgehead atoms. The number of ether oxygens (including phenoxy) is 3. The fraction of sp³-hybridized carbons (Fsp3) is 0.659. The topological polar surface area (TPSA) is 44.8 Å². The van der Waals surface area contributed by atoms with Crippen molar-refractivity contribution >= 4 is 21.9 Å². The summed E-state index contributed by atoms with van der Waals surface area (Å²) in [5, 5.41) is 0. The van der Waals surface area contributed by atoms with E-state index in [-0.39, 0.29) is 5.97 Å². The van der Waals surface area contributed by atoms with Gasteiger partial charge in [-0.3, -0.25) is 0 Å². The molecule has 0 aliphatic rings. The average molecular weight is 744 g/mol. The predicted octanol–water partition coefficient (Wildman–Crippen LogP) is 14.6. The number of carbonyl (C=O) groups is 1. The number of benzene rings is 1. The number of esters is 1. The van der Waals surface area contributed by atoms with E-state index in [1.54, 1.807) is 12.1 Å². The molecule has 1 aromatic rings. The van der Waals surface area contributed by atoms with E-state index in [0.29, 0.717) is 30.3 Å². The van der Waals surface area contributed by atoms with E-state index >= 15 is 0 Å². The lowest BCUT2D eigenvalue weighted by Crippen LogP contribution is -2.06. The highest BCUT2D eigenvalue weighted by atomic mass is 79.9. The van der Waals surface area contributed by atoms with Crippen LogP contribution in [0.5, 0.6) is 11.5 Å². The summed E-state index contributed by atoms with van der Waals surface area (Å²) in [7, 11) is 1.40. The Morgan fingerprint density at radius 1 is 0.531 bits per heavy atom. The third-order valence-corrected chi connectivity index (χ3v) is 9.41. The summed E-state index contributed by atoms with van der Waals surface area (Å²) < 4.78 is 18.0. The van der Waals surface area contributed by atoms with Gasteiger partial charge < -0.3 is 14.2 Å². The van der Waals surface area contributed by atoms with Gasteiger partial charge in [-0.1, -0.05) is 140 Å². The van der Waals surface area contributed by atoms with Crippen molar-refractivity contribution in [3.8, 4) is 11.5 Å². The Hall–Kier alpha value is -2.27. The molecular formula is C44H71BrO4. The lowest BCUT2D eigenvalue weighted by atomic mass is 10.1. The zero-order chi connectivity index (χ0) is 35.5. The van der Waals surface area contributed by atoms with Crippen LogP contribution in [0, 0.1) is 0 Å². The zero-order valence-corrected chi connectivity index (χ0v) is 33.3. The van der Waals surface area contributed by atoms with E-state index in [0.717, 1.165) is 43.0 Å². The Balaban J connectivity index is 2.21. The molecule has 0 saturated carbocycles. The summed E-state index contributed by atoms with van der Waals surface area (Å²) >= 11 is 3.67. The van der Waals surface area contributed by atoms with Gasteiger partial charge in [0.15, 0.2) is 0 Å². The minimum absolute atomic E-state index is 0.385. The highest BCUT2D eigenvalue weighted by Gasteiger charge is 2.16. The van der Waals surface area contributed by atoms with E-state index in [2.05, 4.69) is 78.4 Å². The third kappa shape index (κ3) is 26.2. The Kier molecular flexibility index (Phi) is 31.2. The zero-order valence-electron chi connectivity index (χ0n) is 31.7. The van der Waals surface area contributed by atoms with E-state index in [1.165, 1.54) is 123 Å². The summed E-state index contributed by atoms with van der Waals surface area (Å²) in [5.41, 5.74) is 0.449. The highest BCUT2D eigenvalue weighted by Crippen LogP contribution is 2.36. The van der Waals surface area contributed by atoms with Crippen molar-refractivity contribution in [3.05, 3.63) is 70.8 Å². The van der Waals surface area contributed by atoms with E-state index in [1.807, 2.05) is 0 Å². The second-order valence-electron chi connectivity index (χ2n) is 13.1. The molecule has 4 nitrogen and oxygen atoms in total. The molecule has 0 N–H and O–H groups in total. The van der Waals surface area contributed by atoms with Gasteiger partial charge >= 0.3 is 5.97 Å². The predicted molar refractivity (Wildman–Crippen MR) is 215 cm³/mol. The molecule has 0 aliphatic heterocycles. The molecule has 1 rings (SSSR count). The Morgan fingerprint density at radius 2 is 0.878 bits per heavy atom. The number of allylic oxidation sites excluding steroid dienone is 8. The number of hydrogen-bond acceptors (Lipinski definition) is 4. The number of unbranched alkanes of at least 4 members (excludes halogenated alkanes) is 18. The fourth-order valence-corrected chi connectivity index (χ4v) is 6.02. The molecule has 0 amide bonds. The molecule has 0 aliphatic carbocycles. The molecule has 49 heavy (non-hydrogen) atoms. The van der Waals surface area contributed by atoms with Crippen LogP contribution >= 0.6 is 15.9 Å². The largest absolute Gasteiger partial charge is 0.492 e. The molecule has 0 heterocycles. The van der Waals surface area contributed by atoms with Crippen molar-refractivity contribution in [1.29, 1.82) is 0 Å². The van der Waals surface area contributed by atoms with Crippen LogP contribution in [0.4, 0.5) is 0 Å². The van der Waals surface area contributed by atoms with E-state index in [9.17, 15) is 4.79 Å². The van der Waals surface area contributed by atoms with Crippen LogP contribution in [-0.4, -0.2) is 26.3 Å². The average Bonchev–Trinajstić information content (AvgIpc) is 3.11. The number of rotatable bonds is 33. The smallest absolute Gasteiger partial charge is 0.338 e. The van der Waals surface area contributed by atoms with Crippen LogP contribution in [0.2, 0.25) is 0 Å². The maximum atomic E-state index is 12.3. The SMILES string of the molecule is CCCCCC=CCC=CCCCCCCCCOc1cc(C(=O)OC)cc(OCCCCCCCCC=CCC=CCCCCC)c1Br. The molecular weight excluding hydrogens is 672 g/mol. The van der Waals surface area contributed by atoms with Gasteiger partial charge in [-0.15, -0.1) is 0 Å². The van der Waals surface area contributed by atoms with Gasteiger partial charge in [-0.2, -0.15) is 0 Å². The first kappa shape index (κ1) is 44.8. The summed E-state index contributed by atoms with van der Waals surface area (Å²) in [4.78, 5) is 12.3. The molecule has 0 atom stereocenters. The van der Waals surface area contributed by atoms with E-state index < -0.39 is 0 Å². The number of hydrogen-bond donors (Lipinski definition) is 0. The minimum atomic E-state index is -0.385. The summed E-state index contributed by atoms with van der Waals surface area (Å²) in [6, 6.07) is 3.50. The highest BCUT2D eigenvalue weighted by molar-refractivity contribution is 9.10. The minimum Gasteiger partial charge on any atom is -0.492 e. The van der Waals surface area contributed by atoms with Crippen LogP contribution in [0.25, 0.3) is 0 Å². The first-order chi connectivity index (χ1) is 24.1. The summed E-state index contributed by atoms with van der Waals surface area (Å²) in [6.07, 6.45) is 47.6. The molecule has 0 saturated heterocycles. The molecule has 278 valence electrons. The lowest BCUT2D eigenvalue weighted by molar-refractivity contribution is 0.0599. The monoisotopic (exact) mass is 742 g/mol. The van der Waals surface area contributed by atoms with Crippen LogP contribution in [-0.2, 0) is 4.74 Å². The number of halogens is 1. The van der Waals surface area contributed by atoms with Gasteiger partial charge in [0.2, 0.25) is 0 Å². The summed E-state index contributed by atoms with van der Waals surface area (Å²) in [5.74, 6) is 0.889. The fourth-order valence-electron chi connectivity index (χ4n) is 5.56. The first-order valence-electron chi connectivity index (χ1n) is 19.9. The third-order valence-electron chi connectivity index (χ3n) is 8.63. The second-order valence-corrected chi connectivity index (χ2v) is 13.9. The van der Waals surface area contributed by atoms with Gasteiger partial charge in [0.1, 0.15) is 16.0 Å². The standard InChI is InChI=1S/C44H71BrO4/c1-4-6-8-10-12-14-16-18-20-22-24-26-28-30-32-34-36-48-41-38-40(44(46)47-3)39-42(43(41)45)49-37-35-33-31-29-27-25-23-21-19-17-15-13-11-9-7-5-2/h12-15,18-21,38-39H,4-11,16-17,22-37H2,1-3H3. The lowest BCUT2D eigenvalue weighted by Gasteiger charge is -2.15. The number of carbonyl (C=O) groups excluding carboxylic acids is 1. The molecule has 0 aromatic heterocycles. The molecule has 0 unspecified atom stereocenters. The molecule has 0 radical (unpaired) electrons. The normalized spacial score (nSPS) is 11.9. The Labute approximate surface area is 310 Å². The summed E-state index contributed by atoms with van der Waals surface area (Å²) in [6.45, 7) is 5.73. The van der Waals surface area contributed by atoms with Gasteiger partial charge in [0.05, 0.1) is 25.9 Å². The van der Waals surface area contributed by atoms with Crippen molar-refractivity contribution in [2.45, 2.75) is 168 Å². The van der Waals surface area contributed by atoms with Crippen LogP contribution < -0.4 is 9.47 Å². The van der Waals surface area contributed by atoms with Crippen molar-refractivity contribution < 1.29 is 19.0 Å². The quantitative estimate of drug-likeness (QED) is 0.0408. The number of methoxy groups -OCH3 is 1. The van der Waals surface area contributed by atoms with Crippen molar-refractivity contribution in [2.24, 2.45) is 0 Å². The molecule has 1 aromatic carbocycles. The second kappa shape index (κ2) is 34.2. The van der Waals surface area contributed by atoms with Crippen molar-refractivity contribution in [3.63, 3.8) is 0 Å². The van der Waals surface area contributed by atoms with Crippen molar-refractivity contribution in [2.75, 3.05) is 20.3 Å². The first-order valence-corrected chi connectivity index (χ1v) is 20.7. The molecule has 0 spiro atoms. The van der Waals surface area contributed by atoms with Crippen molar-refractivity contribution in [1.82, 2.24) is 0 Å². The Bertz CT molecular complexity index is 970. The van der Waals surface area contributed by atoms with E-state index in [4.69, 9.17) is 14.2 Å².